The monoisotopic (exact) mass is 475 g/mol. The first kappa shape index (κ1) is 23.3. The lowest BCUT2D eigenvalue weighted by molar-refractivity contribution is 0.0938. The summed E-state index contributed by atoms with van der Waals surface area (Å²) in [5, 5.41) is 11.1. The molecule has 9 heteroatoms. The molecule has 9 nitrogen and oxygen atoms in total. The Morgan fingerprint density at radius 1 is 1.20 bits per heavy atom. The van der Waals surface area contributed by atoms with Crippen LogP contribution in [0.5, 0.6) is 5.75 Å². The molecule has 5 rings (SSSR count). The van der Waals surface area contributed by atoms with Gasteiger partial charge in [0.1, 0.15) is 11.6 Å². The van der Waals surface area contributed by atoms with Gasteiger partial charge in [-0.05, 0) is 56.1 Å². The number of hydrogen-bond acceptors (Lipinski definition) is 7. The fourth-order valence-corrected chi connectivity index (χ4v) is 4.96. The first-order chi connectivity index (χ1) is 17.1. The number of piperidine rings is 1. The first-order valence-corrected chi connectivity index (χ1v) is 12.3. The molecule has 2 aromatic heterocycles. The normalized spacial score (nSPS) is 19.1. The molecule has 0 spiro atoms. The molecule has 3 aromatic rings. The second-order valence-electron chi connectivity index (χ2n) is 9.39. The molecule has 184 valence electrons. The van der Waals surface area contributed by atoms with Gasteiger partial charge in [-0.1, -0.05) is 12.1 Å². The van der Waals surface area contributed by atoms with Gasteiger partial charge in [0.05, 0.1) is 24.9 Å². The minimum Gasteiger partial charge on any atom is -0.497 e. The van der Waals surface area contributed by atoms with Crippen LogP contribution < -0.4 is 21.1 Å². The number of benzene rings is 1. The number of nitrogens with zero attached hydrogens (tertiary/aromatic N) is 4. The third-order valence-electron chi connectivity index (χ3n) is 6.93. The highest BCUT2D eigenvalue weighted by Crippen LogP contribution is 2.25. The number of rotatable bonds is 7. The number of hydrogen-bond donors (Lipinski definition) is 3. The van der Waals surface area contributed by atoms with Crippen molar-refractivity contribution in [1.29, 1.82) is 0 Å². The molecule has 1 atom stereocenters. The number of anilines is 1. The number of aromatic nitrogens is 3. The van der Waals surface area contributed by atoms with E-state index >= 15 is 0 Å². The maximum Gasteiger partial charge on any atom is 0.255 e. The summed E-state index contributed by atoms with van der Waals surface area (Å²) in [7, 11) is 1.68. The Hall–Kier alpha value is -3.43. The third-order valence-corrected chi connectivity index (χ3v) is 6.93. The summed E-state index contributed by atoms with van der Waals surface area (Å²) in [6.45, 7) is 4.55. The van der Waals surface area contributed by atoms with Crippen molar-refractivity contribution in [3.05, 3.63) is 60.0 Å². The van der Waals surface area contributed by atoms with E-state index in [0.717, 1.165) is 68.9 Å². The Labute approximate surface area is 205 Å². The number of nitrogen functional groups attached to an aromatic ring is 1. The van der Waals surface area contributed by atoms with Crippen LogP contribution in [-0.2, 0) is 6.54 Å². The molecule has 0 bridgehead atoms. The van der Waals surface area contributed by atoms with E-state index in [-0.39, 0.29) is 17.8 Å². The van der Waals surface area contributed by atoms with Crippen LogP contribution in [0.1, 0.15) is 41.2 Å². The number of methoxy groups -OCH3 is 1. The zero-order chi connectivity index (χ0) is 24.2. The van der Waals surface area contributed by atoms with Gasteiger partial charge in [0.15, 0.2) is 0 Å². The zero-order valence-corrected chi connectivity index (χ0v) is 20.1. The van der Waals surface area contributed by atoms with Gasteiger partial charge >= 0.3 is 0 Å². The Balaban J connectivity index is 1.22. The van der Waals surface area contributed by atoms with E-state index in [4.69, 9.17) is 10.5 Å². The Morgan fingerprint density at radius 2 is 2.06 bits per heavy atom. The van der Waals surface area contributed by atoms with Gasteiger partial charge in [-0.25, -0.2) is 4.98 Å². The molecule has 0 aliphatic carbocycles. The SMILES string of the molecule is COc1cccc(CN2CC[C@@H](NC(=O)c3cc(-c4cnn(C5CCNCC5)c4)cnc3N)C2)c1. The highest BCUT2D eigenvalue weighted by atomic mass is 16.5. The van der Waals surface area contributed by atoms with Crippen LogP contribution >= 0.6 is 0 Å². The maximum absolute atomic E-state index is 13.1. The van der Waals surface area contributed by atoms with Gasteiger partial charge in [-0.2, -0.15) is 5.10 Å². The molecular weight excluding hydrogens is 442 g/mol. The molecule has 0 unspecified atom stereocenters. The summed E-state index contributed by atoms with van der Waals surface area (Å²) in [4.78, 5) is 19.8. The fourth-order valence-electron chi connectivity index (χ4n) is 4.96. The number of pyridine rings is 1. The maximum atomic E-state index is 13.1. The van der Waals surface area contributed by atoms with E-state index in [1.54, 1.807) is 13.3 Å². The highest BCUT2D eigenvalue weighted by molar-refractivity contribution is 5.99. The van der Waals surface area contributed by atoms with E-state index in [1.165, 1.54) is 5.56 Å². The van der Waals surface area contributed by atoms with Crippen LogP contribution in [0.3, 0.4) is 0 Å². The summed E-state index contributed by atoms with van der Waals surface area (Å²) in [6.07, 6.45) is 8.60. The van der Waals surface area contributed by atoms with Gasteiger partial charge in [-0.15, -0.1) is 0 Å². The van der Waals surface area contributed by atoms with Crippen LogP contribution in [0.2, 0.25) is 0 Å². The number of carbonyl (C=O) groups excluding carboxylic acids is 1. The Bertz CT molecular complexity index is 1170. The molecule has 1 amide bonds. The summed E-state index contributed by atoms with van der Waals surface area (Å²) in [6, 6.07) is 10.4. The first-order valence-electron chi connectivity index (χ1n) is 12.3. The third kappa shape index (κ3) is 5.47. The number of nitrogens with two attached hydrogens (primary N) is 1. The van der Waals surface area contributed by atoms with Crippen LogP contribution in [0.4, 0.5) is 5.82 Å². The second kappa shape index (κ2) is 10.5. The number of carbonyl (C=O) groups is 1. The quantitative estimate of drug-likeness (QED) is 0.481. The van der Waals surface area contributed by atoms with Crippen molar-refractivity contribution >= 4 is 11.7 Å². The summed E-state index contributed by atoms with van der Waals surface area (Å²) >= 11 is 0. The van der Waals surface area contributed by atoms with Crippen molar-refractivity contribution < 1.29 is 9.53 Å². The van der Waals surface area contributed by atoms with Gasteiger partial charge in [0, 0.05) is 49.2 Å². The second-order valence-corrected chi connectivity index (χ2v) is 9.39. The molecule has 0 radical (unpaired) electrons. The van der Waals surface area contributed by atoms with Gasteiger partial charge < -0.3 is 21.1 Å². The van der Waals surface area contributed by atoms with E-state index in [1.807, 2.05) is 35.3 Å². The molecule has 1 aromatic carbocycles. The van der Waals surface area contributed by atoms with Crippen molar-refractivity contribution in [3.63, 3.8) is 0 Å². The standard InChI is InChI=1S/C26H33N7O2/c1-35-23-4-2-3-18(11-23)15-32-10-7-21(17-32)31-26(34)24-12-19(13-29-25(24)27)20-14-30-33(16-20)22-5-8-28-9-6-22/h2-4,11-14,16,21-22,28H,5-10,15,17H2,1H3,(H2,27,29)(H,31,34)/t21-/m1/s1. The number of nitrogens with one attached hydrogen (secondary N) is 2. The lowest BCUT2D eigenvalue weighted by Crippen LogP contribution is -2.37. The largest absolute Gasteiger partial charge is 0.497 e. The van der Waals surface area contributed by atoms with Crippen molar-refractivity contribution in [2.45, 2.75) is 37.9 Å². The molecule has 2 aliphatic heterocycles. The topological polar surface area (TPSA) is 110 Å². The predicted octanol–water partition coefficient (Wildman–Crippen LogP) is 2.46. The van der Waals surface area contributed by atoms with Gasteiger partial charge in [0.25, 0.3) is 5.91 Å². The summed E-state index contributed by atoms with van der Waals surface area (Å²) in [5.41, 5.74) is 9.49. The summed E-state index contributed by atoms with van der Waals surface area (Å²) in [5.74, 6) is 0.912. The average Bonchev–Trinajstić information content (AvgIpc) is 3.55. The van der Waals surface area contributed by atoms with Crippen LogP contribution in [-0.4, -0.2) is 64.9 Å². The zero-order valence-electron chi connectivity index (χ0n) is 20.1. The van der Waals surface area contributed by atoms with Crippen molar-refractivity contribution in [1.82, 2.24) is 30.3 Å². The van der Waals surface area contributed by atoms with E-state index in [0.29, 0.717) is 11.6 Å². The number of ether oxygens (including phenoxy) is 1. The molecule has 4 N–H and O–H groups in total. The van der Waals surface area contributed by atoms with Crippen LogP contribution in [0, 0.1) is 0 Å². The van der Waals surface area contributed by atoms with E-state index in [2.05, 4.69) is 37.7 Å². The molecule has 2 saturated heterocycles. The summed E-state index contributed by atoms with van der Waals surface area (Å²) < 4.78 is 7.36. The Morgan fingerprint density at radius 3 is 2.89 bits per heavy atom. The molecule has 2 aliphatic rings. The molecule has 2 fully saturated rings. The van der Waals surface area contributed by atoms with Gasteiger partial charge in [-0.3, -0.25) is 14.4 Å². The highest BCUT2D eigenvalue weighted by Gasteiger charge is 2.25. The molecule has 4 heterocycles. The molecule has 35 heavy (non-hydrogen) atoms. The minimum atomic E-state index is -0.184. The minimum absolute atomic E-state index is 0.0684. The average molecular weight is 476 g/mol. The molecule has 0 saturated carbocycles. The predicted molar refractivity (Wildman–Crippen MR) is 135 cm³/mol. The number of amides is 1. The molecular formula is C26H33N7O2. The van der Waals surface area contributed by atoms with Crippen LogP contribution in [0.25, 0.3) is 11.1 Å². The van der Waals surface area contributed by atoms with Crippen LogP contribution in [0.15, 0.2) is 48.9 Å². The lowest BCUT2D eigenvalue weighted by atomic mass is 10.1. The van der Waals surface area contributed by atoms with Crippen molar-refractivity contribution in [2.24, 2.45) is 0 Å². The lowest BCUT2D eigenvalue weighted by Gasteiger charge is -2.22. The van der Waals surface area contributed by atoms with Gasteiger partial charge in [0.2, 0.25) is 0 Å². The van der Waals surface area contributed by atoms with E-state index < -0.39 is 0 Å². The Kier molecular flexibility index (Phi) is 6.96. The smallest absolute Gasteiger partial charge is 0.255 e. The van der Waals surface area contributed by atoms with Crippen molar-refractivity contribution in [2.75, 3.05) is 39.0 Å². The number of likely N-dealkylation sites (tertiary alicyclic amines) is 1. The fraction of sp³-hybridized carbons (Fsp3) is 0.423. The van der Waals surface area contributed by atoms with Crippen molar-refractivity contribution in [3.8, 4) is 16.9 Å². The van der Waals surface area contributed by atoms with E-state index in [9.17, 15) is 4.79 Å².